The molecule has 1 aromatic rings. The lowest BCUT2D eigenvalue weighted by molar-refractivity contribution is -0.186. The molecule has 1 atom stereocenters. The molecule has 92 valence electrons. The number of nitrogens with zero attached hydrogens (tertiary/aromatic N) is 1. The molecule has 5 heteroatoms. The molecular weight excluding hydrogens is 228 g/mol. The van der Waals surface area contributed by atoms with Gasteiger partial charge in [-0.2, -0.15) is 0 Å². The van der Waals surface area contributed by atoms with Crippen LogP contribution in [0.15, 0.2) is 30.3 Å². The first-order chi connectivity index (χ1) is 8.04. The van der Waals surface area contributed by atoms with Gasteiger partial charge in [0.1, 0.15) is 0 Å². The maximum Gasteiger partial charge on any atom is 0.285 e. The summed E-state index contributed by atoms with van der Waals surface area (Å²) in [6.07, 6.45) is -3.19. The van der Waals surface area contributed by atoms with E-state index in [9.17, 15) is 18.7 Å². The Bertz CT molecular complexity index is 410. The molecule has 0 saturated carbocycles. The summed E-state index contributed by atoms with van der Waals surface area (Å²) in [6.45, 7) is 0.0144. The van der Waals surface area contributed by atoms with Gasteiger partial charge in [0.05, 0.1) is 0 Å². The van der Waals surface area contributed by atoms with Crippen LogP contribution in [0.4, 0.5) is 8.78 Å². The molecule has 1 aliphatic rings. The Morgan fingerprint density at radius 2 is 2.00 bits per heavy atom. The molecule has 0 spiro atoms. The Morgan fingerprint density at radius 1 is 1.35 bits per heavy atom. The minimum absolute atomic E-state index is 0.0144. The van der Waals surface area contributed by atoms with E-state index < -0.39 is 18.1 Å². The van der Waals surface area contributed by atoms with Crippen LogP contribution < -0.4 is 0 Å². The summed E-state index contributed by atoms with van der Waals surface area (Å²) in [6, 6.07) is 8.79. The van der Waals surface area contributed by atoms with E-state index in [0.29, 0.717) is 0 Å². The summed E-state index contributed by atoms with van der Waals surface area (Å²) in [7, 11) is 0. The fraction of sp³-hybridized carbons (Fsp3) is 0.417. The van der Waals surface area contributed by atoms with E-state index in [1.807, 2.05) is 0 Å². The molecule has 0 aliphatic carbocycles. The molecule has 1 fully saturated rings. The Hall–Kier alpha value is -1.49. The fourth-order valence-electron chi connectivity index (χ4n) is 1.99. The summed E-state index contributed by atoms with van der Waals surface area (Å²) in [5.41, 5.74) is -1.59. The average molecular weight is 241 g/mol. The molecule has 0 bridgehead atoms. The molecule has 2 rings (SSSR count). The van der Waals surface area contributed by atoms with Gasteiger partial charge in [-0.25, -0.2) is 8.78 Å². The van der Waals surface area contributed by atoms with Gasteiger partial charge in [-0.05, 0) is 5.56 Å². The van der Waals surface area contributed by atoms with Crippen molar-refractivity contribution in [1.82, 2.24) is 4.90 Å². The molecule has 1 amide bonds. The number of amides is 1. The molecule has 1 N–H and O–H groups in total. The maximum absolute atomic E-state index is 12.8. The van der Waals surface area contributed by atoms with Gasteiger partial charge < -0.3 is 10.0 Å². The third kappa shape index (κ3) is 2.15. The lowest BCUT2D eigenvalue weighted by atomic mass is 10.1. The monoisotopic (exact) mass is 241 g/mol. The molecule has 1 heterocycles. The van der Waals surface area contributed by atoms with Crippen LogP contribution in [-0.4, -0.2) is 28.1 Å². The van der Waals surface area contributed by atoms with Crippen molar-refractivity contribution >= 4 is 5.91 Å². The van der Waals surface area contributed by atoms with Crippen molar-refractivity contribution in [2.45, 2.75) is 31.5 Å². The lowest BCUT2D eigenvalue weighted by Gasteiger charge is -2.32. The van der Waals surface area contributed by atoms with Gasteiger partial charge in [-0.1, -0.05) is 30.3 Å². The molecule has 3 nitrogen and oxygen atoms in total. The van der Waals surface area contributed by atoms with E-state index in [1.165, 1.54) is 0 Å². The van der Waals surface area contributed by atoms with Crippen molar-refractivity contribution in [2.75, 3.05) is 0 Å². The van der Waals surface area contributed by atoms with Crippen molar-refractivity contribution < 1.29 is 18.7 Å². The summed E-state index contributed by atoms with van der Waals surface area (Å²) < 4.78 is 25.6. The normalized spacial score (nSPS) is 24.7. The molecular formula is C12H13F2NO2. The second-order valence-corrected chi connectivity index (χ2v) is 4.14. The van der Waals surface area contributed by atoms with Crippen LogP contribution in [0.2, 0.25) is 0 Å². The van der Waals surface area contributed by atoms with E-state index in [0.717, 1.165) is 10.5 Å². The number of rotatable bonds is 3. The van der Waals surface area contributed by atoms with Crippen LogP contribution >= 0.6 is 0 Å². The zero-order valence-corrected chi connectivity index (χ0v) is 9.14. The van der Waals surface area contributed by atoms with Crippen LogP contribution in [0.25, 0.3) is 0 Å². The van der Waals surface area contributed by atoms with Gasteiger partial charge in [0.2, 0.25) is 11.6 Å². The zero-order valence-electron chi connectivity index (χ0n) is 9.14. The van der Waals surface area contributed by atoms with E-state index in [1.54, 1.807) is 30.3 Å². The Balaban J connectivity index is 2.21. The van der Waals surface area contributed by atoms with E-state index in [-0.39, 0.29) is 19.4 Å². The standard InChI is InChI=1S/C12H13F2NO2/c13-11(14)12(17)7-6-10(16)15(12)8-9-4-2-1-3-5-9/h1-5,11,17H,6-8H2. The lowest BCUT2D eigenvalue weighted by Crippen LogP contribution is -2.50. The molecule has 0 radical (unpaired) electrons. The predicted molar refractivity (Wildman–Crippen MR) is 57.2 cm³/mol. The number of alkyl halides is 2. The highest BCUT2D eigenvalue weighted by molar-refractivity contribution is 5.79. The van der Waals surface area contributed by atoms with Crippen molar-refractivity contribution in [3.63, 3.8) is 0 Å². The van der Waals surface area contributed by atoms with Crippen LogP contribution in [0, 0.1) is 0 Å². The smallest absolute Gasteiger partial charge is 0.285 e. The Kier molecular flexibility index (Phi) is 3.11. The molecule has 1 saturated heterocycles. The Labute approximate surface area is 97.7 Å². The fourth-order valence-corrected chi connectivity index (χ4v) is 1.99. The number of carbonyl (C=O) groups is 1. The van der Waals surface area contributed by atoms with Crippen LogP contribution in [0.1, 0.15) is 18.4 Å². The molecule has 1 unspecified atom stereocenters. The molecule has 0 aromatic heterocycles. The van der Waals surface area contributed by atoms with Crippen molar-refractivity contribution in [1.29, 1.82) is 0 Å². The minimum Gasteiger partial charge on any atom is -0.366 e. The van der Waals surface area contributed by atoms with Gasteiger partial charge >= 0.3 is 0 Å². The largest absolute Gasteiger partial charge is 0.366 e. The number of hydrogen-bond acceptors (Lipinski definition) is 2. The number of benzene rings is 1. The highest BCUT2D eigenvalue weighted by Gasteiger charge is 2.50. The number of likely N-dealkylation sites (tertiary alicyclic amines) is 1. The molecule has 1 aromatic carbocycles. The topological polar surface area (TPSA) is 40.5 Å². The summed E-state index contributed by atoms with van der Waals surface area (Å²) in [5, 5.41) is 9.82. The first-order valence-electron chi connectivity index (χ1n) is 5.39. The summed E-state index contributed by atoms with van der Waals surface area (Å²) in [4.78, 5) is 12.4. The third-order valence-electron chi connectivity index (χ3n) is 3.01. The third-order valence-corrected chi connectivity index (χ3v) is 3.01. The number of aliphatic hydroxyl groups is 1. The van der Waals surface area contributed by atoms with Crippen LogP contribution in [0.5, 0.6) is 0 Å². The second kappa shape index (κ2) is 4.41. The number of hydrogen-bond donors (Lipinski definition) is 1. The minimum atomic E-state index is -2.95. The highest BCUT2D eigenvalue weighted by Crippen LogP contribution is 2.34. The van der Waals surface area contributed by atoms with Crippen molar-refractivity contribution in [2.24, 2.45) is 0 Å². The van der Waals surface area contributed by atoms with E-state index in [2.05, 4.69) is 0 Å². The first-order valence-corrected chi connectivity index (χ1v) is 5.39. The zero-order chi connectivity index (χ0) is 12.5. The highest BCUT2D eigenvalue weighted by atomic mass is 19.3. The maximum atomic E-state index is 12.8. The number of carbonyl (C=O) groups excluding carboxylic acids is 1. The average Bonchev–Trinajstić information content (AvgIpc) is 2.60. The SMILES string of the molecule is O=C1CCC(O)(C(F)F)N1Cc1ccccc1. The van der Waals surface area contributed by atoms with E-state index in [4.69, 9.17) is 0 Å². The second-order valence-electron chi connectivity index (χ2n) is 4.14. The van der Waals surface area contributed by atoms with Gasteiger partial charge in [0, 0.05) is 19.4 Å². The van der Waals surface area contributed by atoms with Crippen molar-refractivity contribution in [3.8, 4) is 0 Å². The Morgan fingerprint density at radius 3 is 2.59 bits per heavy atom. The van der Waals surface area contributed by atoms with Crippen molar-refractivity contribution in [3.05, 3.63) is 35.9 Å². The van der Waals surface area contributed by atoms with Gasteiger partial charge in [-0.3, -0.25) is 4.79 Å². The predicted octanol–water partition coefficient (Wildman–Crippen LogP) is 1.76. The van der Waals surface area contributed by atoms with Gasteiger partial charge in [0.25, 0.3) is 6.43 Å². The first kappa shape index (κ1) is 12.0. The quantitative estimate of drug-likeness (QED) is 0.876. The van der Waals surface area contributed by atoms with Crippen LogP contribution in [-0.2, 0) is 11.3 Å². The molecule has 17 heavy (non-hydrogen) atoms. The summed E-state index contributed by atoms with van der Waals surface area (Å²) >= 11 is 0. The van der Waals surface area contributed by atoms with E-state index >= 15 is 0 Å². The summed E-state index contributed by atoms with van der Waals surface area (Å²) in [5.74, 6) is -0.434. The molecule has 1 aliphatic heterocycles. The van der Waals surface area contributed by atoms with Gasteiger partial charge in [0.15, 0.2) is 0 Å². The van der Waals surface area contributed by atoms with Crippen LogP contribution in [0.3, 0.4) is 0 Å². The van der Waals surface area contributed by atoms with Gasteiger partial charge in [-0.15, -0.1) is 0 Å². The number of halogens is 2.